The van der Waals surface area contributed by atoms with Crippen LogP contribution in [0.3, 0.4) is 0 Å². The summed E-state index contributed by atoms with van der Waals surface area (Å²) >= 11 is 0. The summed E-state index contributed by atoms with van der Waals surface area (Å²) in [5.41, 5.74) is 5.36. The molecule has 9 heteroatoms. The molecule has 2 unspecified atom stereocenters. The van der Waals surface area contributed by atoms with Gasteiger partial charge in [0, 0.05) is 19.6 Å². The van der Waals surface area contributed by atoms with Crippen molar-refractivity contribution in [3.05, 3.63) is 109 Å². The van der Waals surface area contributed by atoms with E-state index in [9.17, 15) is 14.3 Å². The van der Waals surface area contributed by atoms with Crippen LogP contribution in [0.4, 0.5) is 0 Å². The number of hydrogen-bond donors (Lipinski definition) is 2. The Morgan fingerprint density at radius 2 is 0.946 bits per heavy atom. The number of unbranched alkanes of at least 4 members (excludes halogenated alkanes) is 8. The number of phosphoric ester groups is 1. The van der Waals surface area contributed by atoms with Crippen LogP contribution in [0.25, 0.3) is 0 Å². The zero-order chi connectivity index (χ0) is 40.9. The van der Waals surface area contributed by atoms with Crippen LogP contribution < -0.4 is 5.73 Å². The fraction of sp³-hybridized carbons (Fsp3) is 0.596. The summed E-state index contributed by atoms with van der Waals surface area (Å²) in [5.74, 6) is -0.374. The maximum Gasteiger partial charge on any atom is 0.472 e. The monoisotopic (exact) mass is 800 g/mol. The maximum absolute atomic E-state index is 12.6. The Labute approximate surface area is 342 Å². The van der Waals surface area contributed by atoms with Gasteiger partial charge in [-0.15, -0.1) is 0 Å². The van der Waals surface area contributed by atoms with Crippen LogP contribution in [0.5, 0.6) is 0 Å². The van der Waals surface area contributed by atoms with Gasteiger partial charge in [0.25, 0.3) is 0 Å². The third kappa shape index (κ3) is 42.3. The summed E-state index contributed by atoms with van der Waals surface area (Å²) in [6, 6.07) is 0. The average molecular weight is 800 g/mol. The third-order valence-corrected chi connectivity index (χ3v) is 9.17. The topological polar surface area (TPSA) is 117 Å². The molecule has 318 valence electrons. The van der Waals surface area contributed by atoms with Crippen molar-refractivity contribution in [2.24, 2.45) is 5.73 Å². The lowest BCUT2D eigenvalue weighted by molar-refractivity contribution is -0.154. The van der Waals surface area contributed by atoms with Crippen LogP contribution in [0.15, 0.2) is 109 Å². The van der Waals surface area contributed by atoms with Crippen LogP contribution in [-0.2, 0) is 27.9 Å². The Balaban J connectivity index is 4.19. The molecule has 2 atom stereocenters. The summed E-state index contributed by atoms with van der Waals surface area (Å²) < 4.78 is 33.4. The molecule has 0 spiro atoms. The van der Waals surface area contributed by atoms with Crippen LogP contribution >= 0.6 is 7.82 Å². The third-order valence-electron chi connectivity index (χ3n) is 8.19. The number of hydrogen-bond acceptors (Lipinski definition) is 7. The summed E-state index contributed by atoms with van der Waals surface area (Å²) in [5, 5.41) is 0. The van der Waals surface area contributed by atoms with Gasteiger partial charge in [0.05, 0.1) is 19.8 Å². The first-order chi connectivity index (χ1) is 27.4. The number of nitrogens with two attached hydrogens (primary N) is 1. The van der Waals surface area contributed by atoms with Crippen molar-refractivity contribution in [3.63, 3.8) is 0 Å². The molecular formula is C47H78NO7P. The number of rotatable bonds is 39. The standard InChI is InChI=1S/C47H78NO7P/c1-3-5-7-9-11-13-15-17-19-21-23-24-26-28-30-32-34-36-38-40-47(49)55-46(45-54-56(50,51)53-43-41-48)44-52-42-39-37-35-33-31-29-27-25-22-20-18-16-14-12-10-8-6-4-2/h5-8,11-14,17-20,23-25,27-28,30,46H,3-4,9-10,15-16,21-22,26,29,31-45,48H2,1-2H3,(H,50,51)/b7-5-,8-6-,13-11-,14-12-,19-17-,20-18-,24-23-,27-25-,30-28-. The Bertz CT molecular complexity index is 1210. The minimum atomic E-state index is -4.30. The van der Waals surface area contributed by atoms with Crippen molar-refractivity contribution in [1.82, 2.24) is 0 Å². The highest BCUT2D eigenvalue weighted by Crippen LogP contribution is 2.43. The fourth-order valence-electron chi connectivity index (χ4n) is 5.13. The number of carbonyl (C=O) groups is 1. The molecule has 8 nitrogen and oxygen atoms in total. The van der Waals surface area contributed by atoms with Gasteiger partial charge >= 0.3 is 13.8 Å². The van der Waals surface area contributed by atoms with E-state index in [0.29, 0.717) is 13.0 Å². The molecule has 0 amide bonds. The minimum absolute atomic E-state index is 0.0819. The van der Waals surface area contributed by atoms with Crippen molar-refractivity contribution in [2.45, 2.75) is 148 Å². The molecule has 0 bridgehead atoms. The summed E-state index contributed by atoms with van der Waals surface area (Å²) in [7, 11) is -4.30. The first-order valence-corrected chi connectivity index (χ1v) is 22.9. The number of esters is 1. The van der Waals surface area contributed by atoms with Gasteiger partial charge in [0.15, 0.2) is 0 Å². The first kappa shape index (κ1) is 53.2. The predicted octanol–water partition coefficient (Wildman–Crippen LogP) is 12.9. The Hall–Kier alpha value is -2.84. The highest BCUT2D eigenvalue weighted by molar-refractivity contribution is 7.47. The van der Waals surface area contributed by atoms with E-state index in [1.165, 1.54) is 12.8 Å². The molecule has 0 saturated carbocycles. The lowest BCUT2D eigenvalue weighted by Gasteiger charge is -2.20. The van der Waals surface area contributed by atoms with Crippen molar-refractivity contribution in [1.29, 1.82) is 0 Å². The molecular weight excluding hydrogens is 721 g/mol. The van der Waals surface area contributed by atoms with E-state index in [4.69, 9.17) is 24.3 Å². The van der Waals surface area contributed by atoms with Crippen LogP contribution in [0.2, 0.25) is 0 Å². The van der Waals surface area contributed by atoms with Crippen LogP contribution in [-0.4, -0.2) is 49.9 Å². The van der Waals surface area contributed by atoms with Gasteiger partial charge in [-0.25, -0.2) is 4.57 Å². The van der Waals surface area contributed by atoms with Crippen LogP contribution in [0.1, 0.15) is 142 Å². The molecule has 0 aliphatic carbocycles. The lowest BCUT2D eigenvalue weighted by atomic mass is 10.1. The van der Waals surface area contributed by atoms with Crippen molar-refractivity contribution in [3.8, 4) is 0 Å². The smallest absolute Gasteiger partial charge is 0.457 e. The van der Waals surface area contributed by atoms with Crippen molar-refractivity contribution < 1.29 is 32.8 Å². The molecule has 0 aromatic rings. The molecule has 0 aliphatic rings. The van der Waals surface area contributed by atoms with Gasteiger partial charge in [0.1, 0.15) is 6.10 Å². The van der Waals surface area contributed by atoms with Crippen molar-refractivity contribution in [2.75, 3.05) is 33.0 Å². The van der Waals surface area contributed by atoms with E-state index in [1.807, 2.05) is 0 Å². The molecule has 0 fully saturated rings. The number of phosphoric acid groups is 1. The maximum atomic E-state index is 12.6. The van der Waals surface area contributed by atoms with E-state index in [0.717, 1.165) is 103 Å². The number of carbonyl (C=O) groups excluding carboxylic acids is 1. The molecule has 0 saturated heterocycles. The predicted molar refractivity (Wildman–Crippen MR) is 237 cm³/mol. The highest BCUT2D eigenvalue weighted by atomic mass is 31.2. The van der Waals surface area contributed by atoms with E-state index >= 15 is 0 Å². The summed E-state index contributed by atoms with van der Waals surface area (Å²) in [6.07, 6.45) is 58.2. The summed E-state index contributed by atoms with van der Waals surface area (Å²) in [6.45, 7) is 4.56. The largest absolute Gasteiger partial charge is 0.472 e. The quantitative estimate of drug-likeness (QED) is 0.0273. The van der Waals surface area contributed by atoms with Gasteiger partial charge < -0.3 is 20.1 Å². The molecule has 0 aromatic carbocycles. The Morgan fingerprint density at radius 3 is 1.41 bits per heavy atom. The average Bonchev–Trinajstić information content (AvgIpc) is 3.19. The van der Waals surface area contributed by atoms with Crippen LogP contribution in [0, 0.1) is 0 Å². The Morgan fingerprint density at radius 1 is 0.536 bits per heavy atom. The van der Waals surface area contributed by atoms with Gasteiger partial charge in [-0.3, -0.25) is 13.8 Å². The zero-order valence-corrected chi connectivity index (χ0v) is 36.0. The molecule has 0 heterocycles. The van der Waals surface area contributed by atoms with E-state index < -0.39 is 13.9 Å². The van der Waals surface area contributed by atoms with E-state index in [-0.39, 0.29) is 38.8 Å². The van der Waals surface area contributed by atoms with E-state index in [1.54, 1.807) is 0 Å². The van der Waals surface area contributed by atoms with Gasteiger partial charge in [-0.1, -0.05) is 149 Å². The molecule has 3 N–H and O–H groups in total. The second kappa shape index (κ2) is 43.3. The number of ether oxygens (including phenoxy) is 2. The van der Waals surface area contributed by atoms with Crippen molar-refractivity contribution >= 4 is 13.8 Å². The molecule has 0 aromatic heterocycles. The fourth-order valence-corrected chi connectivity index (χ4v) is 5.89. The normalized spacial score (nSPS) is 14.6. The minimum Gasteiger partial charge on any atom is -0.457 e. The molecule has 0 radical (unpaired) electrons. The first-order valence-electron chi connectivity index (χ1n) is 21.4. The Kier molecular flexibility index (Phi) is 41.1. The highest BCUT2D eigenvalue weighted by Gasteiger charge is 2.25. The lowest BCUT2D eigenvalue weighted by Crippen LogP contribution is -2.28. The van der Waals surface area contributed by atoms with Gasteiger partial charge in [0.2, 0.25) is 0 Å². The molecule has 56 heavy (non-hydrogen) atoms. The zero-order valence-electron chi connectivity index (χ0n) is 35.1. The van der Waals surface area contributed by atoms with E-state index in [2.05, 4.69) is 123 Å². The molecule has 0 rings (SSSR count). The van der Waals surface area contributed by atoms with Gasteiger partial charge in [-0.05, 0) is 96.3 Å². The number of allylic oxidation sites excluding steroid dienone is 18. The summed E-state index contributed by atoms with van der Waals surface area (Å²) in [4.78, 5) is 22.5. The second-order valence-electron chi connectivity index (χ2n) is 13.4. The SMILES string of the molecule is CC/C=C\C/C=C\C/C=C\C/C=C\C/C=C\CCCCCC(=O)OC(COCCCCCCC/C=C\C/C=C\C/C=C\C/C=C\CC)COP(=O)(O)OCCN. The molecule has 0 aliphatic heterocycles. The second-order valence-corrected chi connectivity index (χ2v) is 14.9. The van der Waals surface area contributed by atoms with Gasteiger partial charge in [-0.2, -0.15) is 0 Å².